The Bertz CT molecular complexity index is 1150. The van der Waals surface area contributed by atoms with Crippen LogP contribution in [0.15, 0.2) is 78.9 Å². The lowest BCUT2D eigenvalue weighted by atomic mass is 10.0. The van der Waals surface area contributed by atoms with Gasteiger partial charge in [-0.2, -0.15) is 15.2 Å². The summed E-state index contributed by atoms with van der Waals surface area (Å²) in [6.45, 7) is 0. The van der Waals surface area contributed by atoms with Gasteiger partial charge in [0.05, 0.1) is 11.6 Å². The predicted octanol–water partition coefficient (Wildman–Crippen LogP) is 5.40. The zero-order valence-electron chi connectivity index (χ0n) is 14.2. The summed E-state index contributed by atoms with van der Waals surface area (Å²) in [6.07, 6.45) is 0. The highest BCUT2D eigenvalue weighted by Crippen LogP contribution is 2.27. The van der Waals surface area contributed by atoms with Gasteiger partial charge in [0, 0.05) is 11.1 Å². The van der Waals surface area contributed by atoms with E-state index in [1.165, 1.54) is 0 Å². The molecule has 0 amide bonds. The van der Waals surface area contributed by atoms with Crippen LogP contribution in [0.1, 0.15) is 5.56 Å². The van der Waals surface area contributed by atoms with E-state index >= 15 is 0 Å². The maximum absolute atomic E-state index is 9.12. The molecule has 0 atom stereocenters. The summed E-state index contributed by atoms with van der Waals surface area (Å²) < 4.78 is 0. The van der Waals surface area contributed by atoms with Crippen molar-refractivity contribution in [2.45, 2.75) is 0 Å². The molecule has 0 aliphatic heterocycles. The van der Waals surface area contributed by atoms with Gasteiger partial charge >= 0.3 is 0 Å². The van der Waals surface area contributed by atoms with Crippen molar-refractivity contribution in [2.75, 3.05) is 0 Å². The van der Waals surface area contributed by atoms with Crippen LogP contribution in [-0.2, 0) is 0 Å². The molecule has 0 saturated heterocycles. The van der Waals surface area contributed by atoms with Crippen molar-refractivity contribution in [3.63, 3.8) is 0 Å². The molecule has 0 aliphatic rings. The van der Waals surface area contributed by atoms with Gasteiger partial charge in [0.2, 0.25) is 5.28 Å². The quantitative estimate of drug-likeness (QED) is 0.486. The zero-order chi connectivity index (χ0) is 18.6. The molecule has 0 radical (unpaired) electrons. The molecule has 0 saturated carbocycles. The third-order valence-electron chi connectivity index (χ3n) is 4.09. The van der Waals surface area contributed by atoms with Gasteiger partial charge < -0.3 is 0 Å². The monoisotopic (exact) mass is 368 g/mol. The van der Waals surface area contributed by atoms with Crippen LogP contribution in [0.2, 0.25) is 5.28 Å². The summed E-state index contributed by atoms with van der Waals surface area (Å²) in [6, 6.07) is 27.1. The molecule has 27 heavy (non-hydrogen) atoms. The number of nitrogens with zero attached hydrogens (tertiary/aromatic N) is 4. The van der Waals surface area contributed by atoms with Gasteiger partial charge in [0.15, 0.2) is 11.6 Å². The molecule has 0 aliphatic carbocycles. The Balaban J connectivity index is 1.78. The number of halogens is 1. The number of hydrogen-bond donors (Lipinski definition) is 0. The summed E-state index contributed by atoms with van der Waals surface area (Å²) in [5.74, 6) is 1.04. The predicted molar refractivity (Wildman–Crippen MR) is 106 cm³/mol. The van der Waals surface area contributed by atoms with Gasteiger partial charge in [-0.25, -0.2) is 4.98 Å². The first-order valence-electron chi connectivity index (χ1n) is 8.31. The van der Waals surface area contributed by atoms with Gasteiger partial charge in [-0.05, 0) is 40.9 Å². The molecule has 1 aromatic heterocycles. The van der Waals surface area contributed by atoms with Crippen LogP contribution in [0.3, 0.4) is 0 Å². The molecule has 0 fully saturated rings. The summed E-state index contributed by atoms with van der Waals surface area (Å²) in [5, 5.41) is 9.27. The molecule has 5 heteroatoms. The van der Waals surface area contributed by atoms with E-state index in [1.807, 2.05) is 72.8 Å². The topological polar surface area (TPSA) is 62.5 Å². The fourth-order valence-corrected chi connectivity index (χ4v) is 2.96. The number of benzene rings is 3. The third-order valence-corrected chi connectivity index (χ3v) is 4.25. The van der Waals surface area contributed by atoms with Gasteiger partial charge in [-0.3, -0.25) is 0 Å². The molecule has 3 aromatic carbocycles. The molecule has 0 N–H and O–H groups in total. The summed E-state index contributed by atoms with van der Waals surface area (Å²) in [5.41, 5.74) is 4.26. The molecule has 0 unspecified atom stereocenters. The lowest BCUT2D eigenvalue weighted by molar-refractivity contribution is 1.07. The highest BCUT2D eigenvalue weighted by atomic mass is 35.5. The fourth-order valence-electron chi connectivity index (χ4n) is 2.80. The average Bonchev–Trinajstić information content (AvgIpc) is 2.74. The van der Waals surface area contributed by atoms with E-state index < -0.39 is 0 Å². The summed E-state index contributed by atoms with van der Waals surface area (Å²) >= 11 is 6.15. The molecule has 1 heterocycles. The second-order valence-electron chi connectivity index (χ2n) is 5.89. The third kappa shape index (κ3) is 3.69. The smallest absolute Gasteiger partial charge is 0.208 e. The van der Waals surface area contributed by atoms with Crippen molar-refractivity contribution in [1.82, 2.24) is 15.0 Å². The largest absolute Gasteiger partial charge is 0.226 e. The van der Waals surface area contributed by atoms with Crippen LogP contribution in [0.25, 0.3) is 33.9 Å². The molecular formula is C22H13ClN4. The van der Waals surface area contributed by atoms with Crippen LogP contribution < -0.4 is 0 Å². The second kappa shape index (κ2) is 7.36. The van der Waals surface area contributed by atoms with E-state index in [4.69, 9.17) is 16.9 Å². The molecule has 128 valence electrons. The van der Waals surface area contributed by atoms with Crippen molar-refractivity contribution in [3.05, 3.63) is 89.7 Å². The Morgan fingerprint density at radius 1 is 0.630 bits per heavy atom. The lowest BCUT2D eigenvalue weighted by Gasteiger charge is -2.07. The Labute approximate surface area is 161 Å². The van der Waals surface area contributed by atoms with Crippen LogP contribution in [0.5, 0.6) is 0 Å². The molecule has 4 rings (SSSR count). The Morgan fingerprint density at radius 2 is 1.22 bits per heavy atom. The molecule has 0 spiro atoms. The molecule has 4 aromatic rings. The van der Waals surface area contributed by atoms with E-state index in [2.05, 4.69) is 21.0 Å². The van der Waals surface area contributed by atoms with Crippen molar-refractivity contribution in [1.29, 1.82) is 5.26 Å². The van der Waals surface area contributed by atoms with Crippen LogP contribution in [0, 0.1) is 11.3 Å². The number of aromatic nitrogens is 3. The summed E-state index contributed by atoms with van der Waals surface area (Å²) in [4.78, 5) is 13.1. The van der Waals surface area contributed by atoms with Crippen LogP contribution >= 0.6 is 11.6 Å². The minimum Gasteiger partial charge on any atom is -0.208 e. The van der Waals surface area contributed by atoms with Crippen LogP contribution in [-0.4, -0.2) is 15.0 Å². The highest BCUT2D eigenvalue weighted by Gasteiger charge is 2.10. The maximum Gasteiger partial charge on any atom is 0.226 e. The van der Waals surface area contributed by atoms with Gasteiger partial charge in [-0.15, -0.1) is 0 Å². The molecular weight excluding hydrogens is 356 g/mol. The van der Waals surface area contributed by atoms with Crippen molar-refractivity contribution >= 4 is 11.6 Å². The first-order chi connectivity index (χ1) is 13.2. The van der Waals surface area contributed by atoms with E-state index in [0.717, 1.165) is 22.3 Å². The number of rotatable bonds is 3. The zero-order valence-corrected chi connectivity index (χ0v) is 14.9. The Hall–Kier alpha value is -3.55. The van der Waals surface area contributed by atoms with E-state index in [1.54, 1.807) is 6.07 Å². The Kier molecular flexibility index (Phi) is 4.61. The first-order valence-corrected chi connectivity index (χ1v) is 8.69. The lowest BCUT2D eigenvalue weighted by Crippen LogP contribution is -1.97. The van der Waals surface area contributed by atoms with Crippen molar-refractivity contribution in [3.8, 4) is 40.0 Å². The standard InChI is InChI=1S/C22H13ClN4/c23-22-26-20(16-7-2-1-3-8-16)25-21(27-22)19-11-5-10-18(13-19)17-9-4-6-15(12-17)14-24/h1-13H. The van der Waals surface area contributed by atoms with Gasteiger partial charge in [0.25, 0.3) is 0 Å². The molecule has 0 bridgehead atoms. The Morgan fingerprint density at radius 3 is 1.96 bits per heavy atom. The number of hydrogen-bond acceptors (Lipinski definition) is 4. The average molecular weight is 369 g/mol. The van der Waals surface area contributed by atoms with Gasteiger partial charge in [0.1, 0.15) is 0 Å². The van der Waals surface area contributed by atoms with Crippen LogP contribution in [0.4, 0.5) is 0 Å². The van der Waals surface area contributed by atoms with Crippen molar-refractivity contribution < 1.29 is 0 Å². The minimum atomic E-state index is 0.149. The van der Waals surface area contributed by atoms with E-state index in [0.29, 0.717) is 17.2 Å². The first kappa shape index (κ1) is 16.9. The SMILES string of the molecule is N#Cc1cccc(-c2cccc(-c3nc(Cl)nc(-c4ccccc4)n3)c2)c1. The summed E-state index contributed by atoms with van der Waals surface area (Å²) in [7, 11) is 0. The number of nitriles is 1. The van der Waals surface area contributed by atoms with Crippen molar-refractivity contribution in [2.24, 2.45) is 0 Å². The van der Waals surface area contributed by atoms with E-state index in [9.17, 15) is 0 Å². The maximum atomic E-state index is 9.12. The van der Waals surface area contributed by atoms with E-state index in [-0.39, 0.29) is 5.28 Å². The highest BCUT2D eigenvalue weighted by molar-refractivity contribution is 6.28. The fraction of sp³-hybridized carbons (Fsp3) is 0. The van der Waals surface area contributed by atoms with Gasteiger partial charge in [-0.1, -0.05) is 60.7 Å². The molecule has 4 nitrogen and oxygen atoms in total. The second-order valence-corrected chi connectivity index (χ2v) is 6.23. The minimum absolute atomic E-state index is 0.149. The normalized spacial score (nSPS) is 10.4.